The van der Waals surface area contributed by atoms with Crippen molar-refractivity contribution in [1.82, 2.24) is 14.4 Å². The molecule has 0 amide bonds. The molecule has 1 aliphatic rings. The summed E-state index contributed by atoms with van der Waals surface area (Å²) in [5.41, 5.74) is 2.99. The predicted octanol–water partition coefficient (Wildman–Crippen LogP) is 1.98. The maximum Gasteiger partial charge on any atom is 0.331 e. The molecule has 82 valence electrons. The molecule has 1 aliphatic carbocycles. The number of aromatic nitrogens is 3. The van der Waals surface area contributed by atoms with Crippen LogP contribution in [0.15, 0.2) is 29.5 Å². The van der Waals surface area contributed by atoms with Crippen molar-refractivity contribution in [1.29, 1.82) is 0 Å². The number of allylic oxidation sites excluding steroid dienone is 2. The standard InChI is InChI=1S/C12H13N3O/c16-12-14-8-10(9-4-2-1-3-5-9)11-13-6-7-15(11)12/h4,6-8H,1-3,5H2,(H,14,16). The number of H-pyrrole nitrogens is 1. The highest BCUT2D eigenvalue weighted by Gasteiger charge is 2.11. The van der Waals surface area contributed by atoms with Gasteiger partial charge >= 0.3 is 5.69 Å². The number of rotatable bonds is 1. The molecule has 16 heavy (non-hydrogen) atoms. The van der Waals surface area contributed by atoms with Crippen LogP contribution < -0.4 is 5.69 Å². The van der Waals surface area contributed by atoms with E-state index in [1.54, 1.807) is 23.0 Å². The average Bonchev–Trinajstić information content (AvgIpc) is 2.81. The van der Waals surface area contributed by atoms with Gasteiger partial charge in [0.15, 0.2) is 0 Å². The SMILES string of the molecule is O=c1[nH]cc(C2=CCCCC2)c2nccn12. The zero-order valence-corrected chi connectivity index (χ0v) is 8.94. The highest BCUT2D eigenvalue weighted by molar-refractivity contribution is 5.75. The second-order valence-corrected chi connectivity index (χ2v) is 4.10. The van der Waals surface area contributed by atoms with Gasteiger partial charge in [-0.2, -0.15) is 0 Å². The van der Waals surface area contributed by atoms with Crippen LogP contribution >= 0.6 is 0 Å². The van der Waals surface area contributed by atoms with E-state index < -0.39 is 0 Å². The van der Waals surface area contributed by atoms with Gasteiger partial charge in [-0.15, -0.1) is 0 Å². The molecule has 4 heteroatoms. The minimum Gasteiger partial charge on any atom is -0.313 e. The summed E-state index contributed by atoms with van der Waals surface area (Å²) < 4.78 is 1.56. The minimum absolute atomic E-state index is 0.132. The van der Waals surface area contributed by atoms with Gasteiger partial charge in [0.2, 0.25) is 0 Å². The van der Waals surface area contributed by atoms with E-state index in [0.29, 0.717) is 0 Å². The zero-order valence-electron chi connectivity index (χ0n) is 8.94. The Kier molecular flexibility index (Phi) is 2.13. The Balaban J connectivity index is 2.24. The van der Waals surface area contributed by atoms with E-state index in [-0.39, 0.29) is 5.69 Å². The third-order valence-electron chi connectivity index (χ3n) is 3.08. The van der Waals surface area contributed by atoms with Crippen LogP contribution in [-0.2, 0) is 0 Å². The maximum atomic E-state index is 11.5. The van der Waals surface area contributed by atoms with Gasteiger partial charge < -0.3 is 4.98 Å². The van der Waals surface area contributed by atoms with Gasteiger partial charge in [0.25, 0.3) is 0 Å². The number of imidazole rings is 1. The number of hydrogen-bond acceptors (Lipinski definition) is 2. The van der Waals surface area contributed by atoms with Crippen LogP contribution in [0, 0.1) is 0 Å². The summed E-state index contributed by atoms with van der Waals surface area (Å²) in [6, 6.07) is 0. The molecule has 1 N–H and O–H groups in total. The minimum atomic E-state index is -0.132. The summed E-state index contributed by atoms with van der Waals surface area (Å²) in [6.45, 7) is 0. The van der Waals surface area contributed by atoms with Gasteiger partial charge in [-0.1, -0.05) is 6.08 Å². The van der Waals surface area contributed by atoms with Gasteiger partial charge in [0.1, 0.15) is 5.65 Å². The van der Waals surface area contributed by atoms with Crippen molar-refractivity contribution in [2.24, 2.45) is 0 Å². The second-order valence-electron chi connectivity index (χ2n) is 4.10. The van der Waals surface area contributed by atoms with E-state index in [4.69, 9.17) is 0 Å². The second kappa shape index (κ2) is 3.63. The van der Waals surface area contributed by atoms with Crippen molar-refractivity contribution in [3.63, 3.8) is 0 Å². The lowest BCUT2D eigenvalue weighted by Crippen LogP contribution is -2.16. The quantitative estimate of drug-likeness (QED) is 0.790. The molecule has 0 saturated heterocycles. The van der Waals surface area contributed by atoms with Crippen molar-refractivity contribution in [3.8, 4) is 0 Å². The zero-order chi connectivity index (χ0) is 11.0. The molecule has 2 aromatic heterocycles. The Morgan fingerprint density at radius 1 is 1.38 bits per heavy atom. The number of nitrogens with one attached hydrogen (secondary N) is 1. The number of hydrogen-bond donors (Lipinski definition) is 1. The normalized spacial score (nSPS) is 16.4. The number of aromatic amines is 1. The molecule has 0 aromatic carbocycles. The number of nitrogens with zero attached hydrogens (tertiary/aromatic N) is 2. The van der Waals surface area contributed by atoms with E-state index in [2.05, 4.69) is 16.0 Å². The number of fused-ring (bicyclic) bond motifs is 1. The molecule has 2 heterocycles. The summed E-state index contributed by atoms with van der Waals surface area (Å²) in [6.07, 6.45) is 12.1. The van der Waals surface area contributed by atoms with E-state index in [1.165, 1.54) is 18.4 Å². The Hall–Kier alpha value is -1.84. The monoisotopic (exact) mass is 215 g/mol. The van der Waals surface area contributed by atoms with Crippen LogP contribution in [0.2, 0.25) is 0 Å². The molecular weight excluding hydrogens is 202 g/mol. The average molecular weight is 215 g/mol. The Morgan fingerprint density at radius 3 is 3.12 bits per heavy atom. The maximum absolute atomic E-state index is 11.5. The highest BCUT2D eigenvalue weighted by atomic mass is 16.1. The summed E-state index contributed by atoms with van der Waals surface area (Å²) in [4.78, 5) is 18.5. The molecule has 0 aliphatic heterocycles. The molecule has 0 unspecified atom stereocenters. The topological polar surface area (TPSA) is 50.2 Å². The van der Waals surface area contributed by atoms with Gasteiger partial charge in [-0.05, 0) is 31.3 Å². The molecule has 3 rings (SSSR count). The van der Waals surface area contributed by atoms with Crippen LogP contribution in [0.4, 0.5) is 0 Å². The predicted molar refractivity (Wildman–Crippen MR) is 62.3 cm³/mol. The first-order valence-electron chi connectivity index (χ1n) is 5.60. The summed E-state index contributed by atoms with van der Waals surface area (Å²) >= 11 is 0. The molecular formula is C12H13N3O. The van der Waals surface area contributed by atoms with Gasteiger partial charge in [0, 0.05) is 24.2 Å². The molecule has 2 aromatic rings. The fraction of sp³-hybridized carbons (Fsp3) is 0.333. The van der Waals surface area contributed by atoms with E-state index in [1.807, 2.05) is 0 Å². The first-order valence-corrected chi connectivity index (χ1v) is 5.60. The molecule has 0 radical (unpaired) electrons. The smallest absolute Gasteiger partial charge is 0.313 e. The van der Waals surface area contributed by atoms with Gasteiger partial charge in [-0.25, -0.2) is 9.78 Å². The summed E-state index contributed by atoms with van der Waals surface area (Å²) in [5, 5.41) is 0. The fourth-order valence-corrected chi connectivity index (χ4v) is 2.25. The van der Waals surface area contributed by atoms with Crippen molar-refractivity contribution >= 4 is 11.2 Å². The van der Waals surface area contributed by atoms with Crippen LogP contribution in [-0.4, -0.2) is 14.4 Å². The summed E-state index contributed by atoms with van der Waals surface area (Å²) in [5.74, 6) is 0. The lowest BCUT2D eigenvalue weighted by molar-refractivity contribution is 0.741. The van der Waals surface area contributed by atoms with E-state index in [0.717, 1.165) is 24.1 Å². The Labute approximate surface area is 92.6 Å². The van der Waals surface area contributed by atoms with Crippen molar-refractivity contribution in [2.45, 2.75) is 25.7 Å². The summed E-state index contributed by atoms with van der Waals surface area (Å²) in [7, 11) is 0. The third kappa shape index (κ3) is 1.38. The Bertz CT molecular complexity index is 606. The highest BCUT2D eigenvalue weighted by Crippen LogP contribution is 2.27. The molecule has 0 atom stereocenters. The lowest BCUT2D eigenvalue weighted by Gasteiger charge is -2.12. The van der Waals surface area contributed by atoms with E-state index in [9.17, 15) is 4.79 Å². The van der Waals surface area contributed by atoms with Crippen molar-refractivity contribution < 1.29 is 0 Å². The fourth-order valence-electron chi connectivity index (χ4n) is 2.25. The third-order valence-corrected chi connectivity index (χ3v) is 3.08. The molecule has 4 nitrogen and oxygen atoms in total. The Morgan fingerprint density at radius 2 is 2.31 bits per heavy atom. The van der Waals surface area contributed by atoms with Crippen molar-refractivity contribution in [3.05, 3.63) is 40.7 Å². The van der Waals surface area contributed by atoms with Crippen LogP contribution in [0.5, 0.6) is 0 Å². The molecule has 0 saturated carbocycles. The molecule has 0 spiro atoms. The van der Waals surface area contributed by atoms with Crippen LogP contribution in [0.25, 0.3) is 11.2 Å². The largest absolute Gasteiger partial charge is 0.331 e. The van der Waals surface area contributed by atoms with Crippen molar-refractivity contribution in [2.75, 3.05) is 0 Å². The molecule has 0 bridgehead atoms. The van der Waals surface area contributed by atoms with Crippen LogP contribution in [0.3, 0.4) is 0 Å². The lowest BCUT2D eigenvalue weighted by atomic mass is 9.95. The van der Waals surface area contributed by atoms with Gasteiger partial charge in [-0.3, -0.25) is 4.40 Å². The first-order chi connectivity index (χ1) is 7.86. The molecule has 0 fully saturated rings. The van der Waals surface area contributed by atoms with Gasteiger partial charge in [0.05, 0.1) is 0 Å². The van der Waals surface area contributed by atoms with E-state index >= 15 is 0 Å². The van der Waals surface area contributed by atoms with Crippen LogP contribution in [0.1, 0.15) is 31.2 Å². The first kappa shape index (κ1) is 9.39.